The summed E-state index contributed by atoms with van der Waals surface area (Å²) in [5, 5.41) is 2.90. The molecule has 0 fully saturated rings. The number of rotatable bonds is 14. The number of nitrogens with one attached hydrogen (secondary N) is 1. The molecule has 1 unspecified atom stereocenters. The quantitative estimate of drug-likeness (QED) is 0.172. The first-order valence-electron chi connectivity index (χ1n) is 14.8. The lowest BCUT2D eigenvalue weighted by Gasteiger charge is -2.34. The normalized spacial score (nSPS) is 11.9. The van der Waals surface area contributed by atoms with E-state index in [-0.39, 0.29) is 29.1 Å². The summed E-state index contributed by atoms with van der Waals surface area (Å²) in [5.41, 5.74) is 2.02. The van der Waals surface area contributed by atoms with Gasteiger partial charge in [0, 0.05) is 25.1 Å². The third kappa shape index (κ3) is 8.76. The molecule has 0 aliphatic carbocycles. The second-order valence-corrected chi connectivity index (χ2v) is 12.6. The van der Waals surface area contributed by atoms with Crippen molar-refractivity contribution in [2.24, 2.45) is 0 Å². The number of unbranched alkanes of at least 4 members (excludes halogenated alkanes) is 1. The molecule has 4 rings (SSSR count). The van der Waals surface area contributed by atoms with E-state index < -0.39 is 46.1 Å². The van der Waals surface area contributed by atoms with Crippen LogP contribution in [0.1, 0.15) is 36.5 Å². The minimum Gasteiger partial charge on any atom is -0.354 e. The van der Waals surface area contributed by atoms with Gasteiger partial charge in [0.2, 0.25) is 11.8 Å². The average molecular weight is 634 g/mol. The van der Waals surface area contributed by atoms with Crippen LogP contribution in [0.5, 0.6) is 0 Å². The lowest BCUT2D eigenvalue weighted by atomic mass is 10.0. The summed E-state index contributed by atoms with van der Waals surface area (Å²) in [6.45, 7) is 3.25. The molecule has 1 atom stereocenters. The number of hydrogen-bond acceptors (Lipinski definition) is 4. The number of aryl methyl sites for hydroxylation is 1. The molecule has 0 bridgehead atoms. The van der Waals surface area contributed by atoms with Crippen molar-refractivity contribution in [3.8, 4) is 0 Å². The molecule has 0 radical (unpaired) electrons. The van der Waals surface area contributed by atoms with Gasteiger partial charge in [-0.3, -0.25) is 13.9 Å². The largest absolute Gasteiger partial charge is 0.354 e. The van der Waals surface area contributed by atoms with Crippen LogP contribution in [0.2, 0.25) is 0 Å². The molecule has 45 heavy (non-hydrogen) atoms. The van der Waals surface area contributed by atoms with Crippen LogP contribution in [-0.4, -0.2) is 44.3 Å². The molecule has 2 amide bonds. The predicted octanol–water partition coefficient (Wildman–Crippen LogP) is 6.02. The van der Waals surface area contributed by atoms with Gasteiger partial charge in [-0.2, -0.15) is 0 Å². The molecule has 0 heterocycles. The fourth-order valence-electron chi connectivity index (χ4n) is 4.84. The molecule has 4 aromatic carbocycles. The van der Waals surface area contributed by atoms with Crippen molar-refractivity contribution >= 4 is 27.5 Å². The van der Waals surface area contributed by atoms with E-state index >= 15 is 0 Å². The number of halogens is 2. The van der Waals surface area contributed by atoms with Gasteiger partial charge in [0.25, 0.3) is 10.0 Å². The van der Waals surface area contributed by atoms with Crippen molar-refractivity contribution in [1.82, 2.24) is 10.2 Å². The monoisotopic (exact) mass is 633 g/mol. The smallest absolute Gasteiger partial charge is 0.264 e. The number of nitrogens with zero attached hydrogens (tertiary/aromatic N) is 2. The number of carbonyl (C=O) groups excluding carboxylic acids is 2. The predicted molar refractivity (Wildman–Crippen MR) is 171 cm³/mol. The first-order valence-corrected chi connectivity index (χ1v) is 16.2. The molecule has 236 valence electrons. The highest BCUT2D eigenvalue weighted by Crippen LogP contribution is 2.26. The van der Waals surface area contributed by atoms with Crippen LogP contribution in [0.4, 0.5) is 14.5 Å². The third-order valence-electron chi connectivity index (χ3n) is 7.40. The Morgan fingerprint density at radius 1 is 0.844 bits per heavy atom. The highest BCUT2D eigenvalue weighted by atomic mass is 32.2. The topological polar surface area (TPSA) is 86.8 Å². The van der Waals surface area contributed by atoms with Crippen LogP contribution >= 0.6 is 0 Å². The fourth-order valence-corrected chi connectivity index (χ4v) is 6.26. The Labute approximate surface area is 263 Å². The second kappa shape index (κ2) is 15.4. The van der Waals surface area contributed by atoms with Crippen LogP contribution in [0, 0.1) is 18.6 Å². The zero-order valence-electron chi connectivity index (χ0n) is 25.3. The molecule has 7 nitrogen and oxygen atoms in total. The van der Waals surface area contributed by atoms with Gasteiger partial charge in [-0.15, -0.1) is 0 Å². The Morgan fingerprint density at radius 3 is 2.13 bits per heavy atom. The molecule has 0 saturated carbocycles. The van der Waals surface area contributed by atoms with Crippen molar-refractivity contribution in [1.29, 1.82) is 0 Å². The summed E-state index contributed by atoms with van der Waals surface area (Å²) in [4.78, 5) is 29.1. The number of sulfonamides is 1. The van der Waals surface area contributed by atoms with Gasteiger partial charge in [0.1, 0.15) is 24.2 Å². The summed E-state index contributed by atoms with van der Waals surface area (Å²) in [6, 6.07) is 24.9. The van der Waals surface area contributed by atoms with Crippen LogP contribution < -0.4 is 9.62 Å². The molecule has 0 aliphatic rings. The summed E-state index contributed by atoms with van der Waals surface area (Å²) in [7, 11) is -4.37. The molecule has 4 aromatic rings. The average Bonchev–Trinajstić information content (AvgIpc) is 3.03. The van der Waals surface area contributed by atoms with E-state index in [9.17, 15) is 26.8 Å². The third-order valence-corrected chi connectivity index (χ3v) is 9.19. The summed E-state index contributed by atoms with van der Waals surface area (Å²) >= 11 is 0. The van der Waals surface area contributed by atoms with E-state index in [1.54, 1.807) is 30.3 Å². The van der Waals surface area contributed by atoms with Crippen molar-refractivity contribution in [2.45, 2.75) is 50.6 Å². The van der Waals surface area contributed by atoms with Crippen LogP contribution in [-0.2, 0) is 32.6 Å². The zero-order chi connectivity index (χ0) is 32.4. The molecule has 10 heteroatoms. The molecule has 0 aliphatic heterocycles. The second-order valence-electron chi connectivity index (χ2n) is 10.8. The molecular formula is C35H37F2N3O4S. The van der Waals surface area contributed by atoms with Crippen molar-refractivity contribution in [2.75, 3.05) is 17.4 Å². The number of anilines is 1. The van der Waals surface area contributed by atoms with Gasteiger partial charge in [-0.05, 0) is 61.4 Å². The maximum Gasteiger partial charge on any atom is 0.264 e. The first kappa shape index (κ1) is 33.3. The van der Waals surface area contributed by atoms with E-state index in [2.05, 4.69) is 5.32 Å². The highest BCUT2D eigenvalue weighted by Gasteiger charge is 2.35. The van der Waals surface area contributed by atoms with Gasteiger partial charge in [-0.25, -0.2) is 17.2 Å². The SMILES string of the molecule is CCCCNC(=O)C(Cc1ccccc1)N(Cc1ccccc1F)C(=O)CN(c1ccc(C)cc1)S(=O)(=O)c1ccc(F)cc1. The van der Waals surface area contributed by atoms with Crippen molar-refractivity contribution in [3.63, 3.8) is 0 Å². The Morgan fingerprint density at radius 2 is 1.49 bits per heavy atom. The summed E-state index contributed by atoms with van der Waals surface area (Å²) in [5.74, 6) is -2.31. The van der Waals surface area contributed by atoms with Crippen LogP contribution in [0.15, 0.2) is 108 Å². The van der Waals surface area contributed by atoms with E-state index in [1.165, 1.54) is 23.1 Å². The minimum absolute atomic E-state index is 0.119. The summed E-state index contributed by atoms with van der Waals surface area (Å²) in [6.07, 6.45) is 1.69. The van der Waals surface area contributed by atoms with Crippen LogP contribution in [0.25, 0.3) is 0 Å². The lowest BCUT2D eigenvalue weighted by Crippen LogP contribution is -2.53. The minimum atomic E-state index is -4.37. The van der Waals surface area contributed by atoms with E-state index in [0.29, 0.717) is 6.54 Å². The zero-order valence-corrected chi connectivity index (χ0v) is 26.1. The Balaban J connectivity index is 1.79. The Kier molecular flexibility index (Phi) is 11.4. The van der Waals surface area contributed by atoms with Gasteiger partial charge in [0.15, 0.2) is 0 Å². The van der Waals surface area contributed by atoms with Crippen molar-refractivity contribution < 1.29 is 26.8 Å². The van der Waals surface area contributed by atoms with E-state index in [4.69, 9.17) is 0 Å². The number of benzene rings is 4. The Bertz CT molecular complexity index is 1680. The first-order chi connectivity index (χ1) is 21.6. The van der Waals surface area contributed by atoms with Gasteiger partial charge < -0.3 is 10.2 Å². The Hall–Kier alpha value is -4.57. The fraction of sp³-hybridized carbons (Fsp3) is 0.257. The maximum absolute atomic E-state index is 15.0. The molecular weight excluding hydrogens is 596 g/mol. The molecule has 0 spiro atoms. The highest BCUT2D eigenvalue weighted by molar-refractivity contribution is 7.92. The van der Waals surface area contributed by atoms with Gasteiger partial charge >= 0.3 is 0 Å². The lowest BCUT2D eigenvalue weighted by molar-refractivity contribution is -0.140. The number of amides is 2. The standard InChI is InChI=1S/C35H37F2N3O4S/c1-3-4-22-38-35(42)33(23-27-10-6-5-7-11-27)39(24-28-12-8-9-13-32(28)37)34(41)25-40(30-18-14-26(2)15-19-30)45(43,44)31-20-16-29(36)17-21-31/h5-21,33H,3-4,22-25H2,1-2H3,(H,38,42). The number of carbonyl (C=O) groups is 2. The summed E-state index contributed by atoms with van der Waals surface area (Å²) < 4.78 is 57.6. The van der Waals surface area contributed by atoms with E-state index in [0.717, 1.165) is 52.5 Å². The van der Waals surface area contributed by atoms with Gasteiger partial charge in [0.05, 0.1) is 10.6 Å². The maximum atomic E-state index is 15.0. The van der Waals surface area contributed by atoms with Gasteiger partial charge in [-0.1, -0.05) is 79.6 Å². The molecule has 0 saturated heterocycles. The molecule has 1 N–H and O–H groups in total. The number of hydrogen-bond donors (Lipinski definition) is 1. The van der Waals surface area contributed by atoms with E-state index in [1.807, 2.05) is 44.2 Å². The van der Waals surface area contributed by atoms with Crippen LogP contribution in [0.3, 0.4) is 0 Å². The molecule has 0 aromatic heterocycles. The van der Waals surface area contributed by atoms with Crippen molar-refractivity contribution in [3.05, 3.63) is 131 Å².